The molecule has 6 heteroatoms. The van der Waals surface area contributed by atoms with E-state index in [4.69, 9.17) is 5.73 Å². The van der Waals surface area contributed by atoms with Crippen LogP contribution in [0.1, 0.15) is 32.6 Å². The molecule has 1 aliphatic rings. The summed E-state index contributed by atoms with van der Waals surface area (Å²) in [5.41, 5.74) is 8.83. The minimum atomic E-state index is -0.274. The molecule has 88 valence electrons. The number of unbranched alkanes of at least 4 members (excludes halogenated alkanes) is 3. The average Bonchev–Trinajstić information content (AvgIpc) is 2.21. The highest BCUT2D eigenvalue weighted by Gasteiger charge is 2.20. The smallest absolute Gasteiger partial charge is 0.116 e. The molecule has 0 fully saturated rings. The van der Waals surface area contributed by atoms with Crippen LogP contribution in [0.5, 0.6) is 0 Å². The molecule has 0 bridgehead atoms. The van der Waals surface area contributed by atoms with Gasteiger partial charge in [0.05, 0.1) is 0 Å². The molecule has 1 heterocycles. The van der Waals surface area contributed by atoms with Crippen LogP contribution in [-0.4, -0.2) is 22.1 Å². The third kappa shape index (κ3) is 4.24. The van der Waals surface area contributed by atoms with E-state index < -0.39 is 0 Å². The van der Waals surface area contributed by atoms with Crippen LogP contribution in [-0.2, 0) is 0 Å². The predicted molar refractivity (Wildman–Crippen MR) is 69.9 cm³/mol. The van der Waals surface area contributed by atoms with Gasteiger partial charge in [-0.2, -0.15) is 9.95 Å². The molecule has 0 aromatic rings. The Morgan fingerprint density at radius 2 is 2.20 bits per heavy atom. The van der Waals surface area contributed by atoms with Gasteiger partial charge >= 0.3 is 0 Å². The second-order valence-corrected chi connectivity index (χ2v) is 4.64. The Kier molecular flexibility index (Phi) is 5.84. The van der Waals surface area contributed by atoms with E-state index in [9.17, 15) is 0 Å². The summed E-state index contributed by atoms with van der Waals surface area (Å²) in [4.78, 5) is 0.819. The maximum atomic E-state index is 5.78. The quantitative estimate of drug-likeness (QED) is 0.440. The van der Waals surface area contributed by atoms with Crippen molar-refractivity contribution in [3.8, 4) is 0 Å². The number of nitrogens with zero attached hydrogens (tertiary/aromatic N) is 2. The molecular weight excluding hydrogens is 228 g/mol. The number of hydrogen-bond acceptors (Lipinski definition) is 6. The van der Waals surface area contributed by atoms with Gasteiger partial charge in [-0.3, -0.25) is 0 Å². The molecule has 15 heavy (non-hydrogen) atoms. The van der Waals surface area contributed by atoms with Crippen molar-refractivity contribution < 1.29 is 0 Å². The molecule has 0 aliphatic carbocycles. The second kappa shape index (κ2) is 6.65. The van der Waals surface area contributed by atoms with Gasteiger partial charge in [0.25, 0.3) is 0 Å². The molecule has 0 saturated carbocycles. The number of thiol groups is 2. The van der Waals surface area contributed by atoms with Gasteiger partial charge in [0, 0.05) is 17.6 Å². The highest BCUT2D eigenvalue weighted by Crippen LogP contribution is 2.16. The minimum Gasteiger partial charge on any atom is -0.310 e. The highest BCUT2D eigenvalue weighted by atomic mass is 32.1. The van der Waals surface area contributed by atoms with Crippen LogP contribution in [0, 0.1) is 0 Å². The van der Waals surface area contributed by atoms with Gasteiger partial charge < -0.3 is 10.7 Å². The fourth-order valence-electron chi connectivity index (χ4n) is 1.41. The van der Waals surface area contributed by atoms with Crippen LogP contribution >= 0.6 is 25.4 Å². The molecule has 0 amide bonds. The number of rotatable bonds is 5. The average molecular weight is 248 g/mol. The van der Waals surface area contributed by atoms with Gasteiger partial charge in [-0.1, -0.05) is 39.0 Å². The normalized spacial score (nSPS) is 23.1. The zero-order valence-corrected chi connectivity index (χ0v) is 10.8. The first kappa shape index (κ1) is 13.2. The Morgan fingerprint density at radius 1 is 1.47 bits per heavy atom. The van der Waals surface area contributed by atoms with Gasteiger partial charge in [-0.05, 0) is 6.42 Å². The van der Waals surface area contributed by atoms with Crippen molar-refractivity contribution in [3.63, 3.8) is 0 Å². The zero-order chi connectivity index (χ0) is 11.3. The number of hydrogen-bond donors (Lipinski definition) is 4. The molecular formula is C9H20N4S2. The number of nitrogens with one attached hydrogen (secondary N) is 1. The predicted octanol–water partition coefficient (Wildman–Crippen LogP) is 1.50. The Bertz CT molecular complexity index is 222. The molecule has 0 aromatic heterocycles. The standard InChI is InChI=1S/C9H20N4S2/c1-2-3-4-5-6-12-7-8(14)9(10)13(15)11-12/h7,9,11,14-15H,2-6,10H2,1H3. The number of nitrogens with two attached hydrogens (primary N) is 1. The molecule has 0 spiro atoms. The Hall–Kier alpha value is 0.120. The molecule has 4 nitrogen and oxygen atoms in total. The summed E-state index contributed by atoms with van der Waals surface area (Å²) in [6, 6.07) is 0. The Labute approximate surface area is 103 Å². The molecule has 3 N–H and O–H groups in total. The van der Waals surface area contributed by atoms with Crippen LogP contribution in [0.3, 0.4) is 0 Å². The lowest BCUT2D eigenvalue weighted by Gasteiger charge is -2.35. The molecule has 1 aliphatic heterocycles. The van der Waals surface area contributed by atoms with E-state index in [1.807, 2.05) is 11.2 Å². The fraction of sp³-hybridized carbons (Fsp3) is 0.778. The molecule has 0 aromatic carbocycles. The Balaban J connectivity index is 2.31. The lowest BCUT2D eigenvalue weighted by atomic mass is 10.2. The lowest BCUT2D eigenvalue weighted by Crippen LogP contribution is -2.54. The van der Waals surface area contributed by atoms with Crippen LogP contribution < -0.4 is 11.3 Å². The molecule has 1 unspecified atom stereocenters. The van der Waals surface area contributed by atoms with Crippen molar-refractivity contribution in [1.82, 2.24) is 15.0 Å². The molecule has 1 rings (SSSR count). The lowest BCUT2D eigenvalue weighted by molar-refractivity contribution is 0.105. The van der Waals surface area contributed by atoms with Gasteiger partial charge in [0.2, 0.25) is 0 Å². The van der Waals surface area contributed by atoms with Crippen molar-refractivity contribution in [3.05, 3.63) is 11.1 Å². The molecule has 1 atom stereocenters. The third-order valence-corrected chi connectivity index (χ3v) is 3.06. The molecule has 0 radical (unpaired) electrons. The van der Waals surface area contributed by atoms with Crippen molar-refractivity contribution in [2.75, 3.05) is 6.54 Å². The van der Waals surface area contributed by atoms with Crippen LogP contribution in [0.2, 0.25) is 0 Å². The topological polar surface area (TPSA) is 44.5 Å². The van der Waals surface area contributed by atoms with Crippen LogP contribution in [0.15, 0.2) is 11.1 Å². The van der Waals surface area contributed by atoms with E-state index in [-0.39, 0.29) is 6.17 Å². The summed E-state index contributed by atoms with van der Waals surface area (Å²) < 4.78 is 1.56. The minimum absolute atomic E-state index is 0.274. The van der Waals surface area contributed by atoms with Crippen molar-refractivity contribution in [2.24, 2.45) is 5.73 Å². The van der Waals surface area contributed by atoms with E-state index in [1.165, 1.54) is 19.3 Å². The molecule has 0 saturated heterocycles. The number of hydrazine groups is 2. The first-order chi connectivity index (χ1) is 7.15. The van der Waals surface area contributed by atoms with Gasteiger partial charge in [-0.15, -0.1) is 12.6 Å². The largest absolute Gasteiger partial charge is 0.310 e. The van der Waals surface area contributed by atoms with Crippen molar-refractivity contribution >= 4 is 25.4 Å². The summed E-state index contributed by atoms with van der Waals surface area (Å²) in [6.45, 7) is 3.16. The maximum Gasteiger partial charge on any atom is 0.116 e. The summed E-state index contributed by atoms with van der Waals surface area (Å²) in [6.07, 6.45) is 6.61. The van der Waals surface area contributed by atoms with E-state index >= 15 is 0 Å². The first-order valence-corrected chi connectivity index (χ1v) is 6.17. The summed E-state index contributed by atoms with van der Waals surface area (Å²) in [7, 11) is 0. The van der Waals surface area contributed by atoms with Crippen LogP contribution in [0.4, 0.5) is 0 Å². The van der Waals surface area contributed by atoms with E-state index in [2.05, 4.69) is 37.9 Å². The summed E-state index contributed by atoms with van der Waals surface area (Å²) >= 11 is 8.51. The van der Waals surface area contributed by atoms with Gasteiger partial charge in [-0.25, -0.2) is 0 Å². The summed E-state index contributed by atoms with van der Waals surface area (Å²) in [5.74, 6) is 0. The summed E-state index contributed by atoms with van der Waals surface area (Å²) in [5, 5.41) is 1.97. The van der Waals surface area contributed by atoms with E-state index in [0.717, 1.165) is 17.9 Å². The SMILES string of the molecule is CCCCCCN1C=C(S)C(N)N(S)N1. The fourth-order valence-corrected chi connectivity index (χ4v) is 1.99. The second-order valence-electron chi connectivity index (χ2n) is 3.70. The van der Waals surface area contributed by atoms with E-state index in [1.54, 1.807) is 4.41 Å². The van der Waals surface area contributed by atoms with Crippen molar-refractivity contribution in [2.45, 2.75) is 38.8 Å². The third-order valence-electron chi connectivity index (χ3n) is 2.34. The van der Waals surface area contributed by atoms with Gasteiger partial charge in [0.1, 0.15) is 6.17 Å². The first-order valence-electron chi connectivity index (χ1n) is 5.32. The maximum absolute atomic E-state index is 5.78. The van der Waals surface area contributed by atoms with E-state index in [0.29, 0.717) is 0 Å². The monoisotopic (exact) mass is 248 g/mol. The highest BCUT2D eigenvalue weighted by molar-refractivity contribution is 7.84. The van der Waals surface area contributed by atoms with Gasteiger partial charge in [0.15, 0.2) is 0 Å². The zero-order valence-electron chi connectivity index (χ0n) is 9.06. The van der Waals surface area contributed by atoms with Crippen LogP contribution in [0.25, 0.3) is 0 Å². The van der Waals surface area contributed by atoms with Crippen molar-refractivity contribution in [1.29, 1.82) is 0 Å². The Morgan fingerprint density at radius 3 is 2.80 bits per heavy atom.